The molecule has 4 nitrogen and oxygen atoms in total. The summed E-state index contributed by atoms with van der Waals surface area (Å²) < 4.78 is 3.27. The Balaban J connectivity index is 1.91. The van der Waals surface area contributed by atoms with Crippen molar-refractivity contribution < 1.29 is 0 Å². The van der Waals surface area contributed by atoms with Crippen LogP contribution in [0.2, 0.25) is 0 Å². The lowest BCUT2D eigenvalue weighted by Crippen LogP contribution is -2.22. The molecule has 0 amide bonds. The van der Waals surface area contributed by atoms with Crippen LogP contribution in [-0.4, -0.2) is 16.3 Å². The van der Waals surface area contributed by atoms with Crippen LogP contribution in [0.15, 0.2) is 22.7 Å². The Morgan fingerprint density at radius 3 is 2.86 bits per heavy atom. The molecule has 0 saturated carbocycles. The number of hydrogen-bond acceptors (Lipinski definition) is 3. The Hall–Kier alpha value is -1.49. The van der Waals surface area contributed by atoms with Gasteiger partial charge in [0.1, 0.15) is 0 Å². The van der Waals surface area contributed by atoms with Crippen molar-refractivity contribution in [1.29, 1.82) is 0 Å². The minimum atomic E-state index is 0.851. The fourth-order valence-corrected chi connectivity index (χ4v) is 3.69. The van der Waals surface area contributed by atoms with Gasteiger partial charge in [-0.05, 0) is 59.5 Å². The first-order valence-corrected chi connectivity index (χ1v) is 8.30. The van der Waals surface area contributed by atoms with E-state index in [1.165, 1.54) is 16.9 Å². The van der Waals surface area contributed by atoms with Crippen molar-refractivity contribution in [3.8, 4) is 0 Å². The minimum Gasteiger partial charge on any atom is -0.399 e. The van der Waals surface area contributed by atoms with Gasteiger partial charge in [-0.3, -0.25) is 4.68 Å². The summed E-state index contributed by atoms with van der Waals surface area (Å²) in [5.74, 6) is 0. The fourth-order valence-electron chi connectivity index (χ4n) is 3.00. The summed E-state index contributed by atoms with van der Waals surface area (Å²) in [7, 11) is 0. The minimum absolute atomic E-state index is 0.851. The number of halogens is 1. The third kappa shape index (κ3) is 2.55. The van der Waals surface area contributed by atoms with Gasteiger partial charge in [-0.25, -0.2) is 0 Å². The first-order valence-electron chi connectivity index (χ1n) is 7.51. The molecule has 0 saturated heterocycles. The SMILES string of the molecule is CCc1nn(CC)c(CN2CCc3cc(N)ccc32)c1Br. The average molecular weight is 349 g/mol. The Labute approximate surface area is 134 Å². The maximum Gasteiger partial charge on any atom is 0.0767 e. The van der Waals surface area contributed by atoms with Crippen LogP contribution in [0.3, 0.4) is 0 Å². The molecular formula is C16H21BrN4. The molecule has 112 valence electrons. The number of benzene rings is 1. The molecule has 0 bridgehead atoms. The van der Waals surface area contributed by atoms with E-state index < -0.39 is 0 Å². The summed E-state index contributed by atoms with van der Waals surface area (Å²) >= 11 is 3.73. The fraction of sp³-hybridized carbons (Fsp3) is 0.438. The molecule has 2 aromatic rings. The van der Waals surface area contributed by atoms with Crippen LogP contribution < -0.4 is 10.6 Å². The van der Waals surface area contributed by atoms with Gasteiger partial charge in [-0.2, -0.15) is 5.10 Å². The van der Waals surface area contributed by atoms with Crippen LogP contribution in [-0.2, 0) is 25.9 Å². The number of fused-ring (bicyclic) bond motifs is 1. The first kappa shape index (κ1) is 14.4. The van der Waals surface area contributed by atoms with Crippen molar-refractivity contribution in [2.45, 2.75) is 39.8 Å². The maximum atomic E-state index is 5.88. The van der Waals surface area contributed by atoms with Crippen LogP contribution in [0.1, 0.15) is 30.8 Å². The molecule has 3 rings (SSSR count). The smallest absolute Gasteiger partial charge is 0.0767 e. The molecular weight excluding hydrogens is 328 g/mol. The second-order valence-electron chi connectivity index (χ2n) is 5.44. The number of nitrogen functional groups attached to an aromatic ring is 1. The van der Waals surface area contributed by atoms with E-state index in [-0.39, 0.29) is 0 Å². The second-order valence-corrected chi connectivity index (χ2v) is 6.23. The number of nitrogens with zero attached hydrogens (tertiary/aromatic N) is 3. The summed E-state index contributed by atoms with van der Waals surface area (Å²) in [5.41, 5.74) is 11.8. The largest absolute Gasteiger partial charge is 0.399 e. The zero-order chi connectivity index (χ0) is 15.0. The maximum absolute atomic E-state index is 5.88. The Kier molecular flexibility index (Phi) is 3.93. The van der Waals surface area contributed by atoms with Crippen molar-refractivity contribution in [3.63, 3.8) is 0 Å². The number of anilines is 2. The van der Waals surface area contributed by atoms with E-state index >= 15 is 0 Å². The highest BCUT2D eigenvalue weighted by atomic mass is 79.9. The first-order chi connectivity index (χ1) is 10.1. The van der Waals surface area contributed by atoms with Crippen LogP contribution >= 0.6 is 15.9 Å². The molecule has 0 atom stereocenters. The predicted molar refractivity (Wildman–Crippen MR) is 90.6 cm³/mol. The number of nitrogens with two attached hydrogens (primary N) is 1. The number of aromatic nitrogens is 2. The van der Waals surface area contributed by atoms with Gasteiger partial charge in [0, 0.05) is 24.5 Å². The van der Waals surface area contributed by atoms with Crippen molar-refractivity contribution in [2.24, 2.45) is 0 Å². The Morgan fingerprint density at radius 1 is 1.33 bits per heavy atom. The molecule has 1 aliphatic heterocycles. The van der Waals surface area contributed by atoms with Crippen LogP contribution in [0.25, 0.3) is 0 Å². The monoisotopic (exact) mass is 348 g/mol. The van der Waals surface area contributed by atoms with Crippen molar-refractivity contribution in [3.05, 3.63) is 39.6 Å². The topological polar surface area (TPSA) is 47.1 Å². The van der Waals surface area contributed by atoms with Gasteiger partial charge in [-0.1, -0.05) is 6.92 Å². The lowest BCUT2D eigenvalue weighted by molar-refractivity contribution is 0.605. The molecule has 0 radical (unpaired) electrons. The summed E-state index contributed by atoms with van der Waals surface area (Å²) in [6.45, 7) is 7.11. The average Bonchev–Trinajstić information content (AvgIpc) is 3.01. The summed E-state index contributed by atoms with van der Waals surface area (Å²) in [5, 5.41) is 4.68. The number of aryl methyl sites for hydroxylation is 2. The van der Waals surface area contributed by atoms with E-state index in [0.29, 0.717) is 0 Å². The van der Waals surface area contributed by atoms with Crippen LogP contribution in [0.4, 0.5) is 11.4 Å². The van der Waals surface area contributed by atoms with E-state index in [1.807, 2.05) is 6.07 Å². The second kappa shape index (κ2) is 5.72. The normalized spacial score (nSPS) is 13.8. The van der Waals surface area contributed by atoms with Gasteiger partial charge in [0.15, 0.2) is 0 Å². The lowest BCUT2D eigenvalue weighted by atomic mass is 10.1. The Bertz CT molecular complexity index is 663. The van der Waals surface area contributed by atoms with E-state index in [9.17, 15) is 0 Å². The molecule has 21 heavy (non-hydrogen) atoms. The summed E-state index contributed by atoms with van der Waals surface area (Å²) in [6.07, 6.45) is 2.02. The lowest BCUT2D eigenvalue weighted by Gasteiger charge is -2.20. The molecule has 0 spiro atoms. The summed E-state index contributed by atoms with van der Waals surface area (Å²) in [6, 6.07) is 6.22. The highest BCUT2D eigenvalue weighted by molar-refractivity contribution is 9.10. The molecule has 5 heteroatoms. The van der Waals surface area contributed by atoms with E-state index in [0.717, 1.165) is 48.3 Å². The zero-order valence-electron chi connectivity index (χ0n) is 12.6. The van der Waals surface area contributed by atoms with Crippen molar-refractivity contribution in [2.75, 3.05) is 17.2 Å². The van der Waals surface area contributed by atoms with Crippen LogP contribution in [0, 0.1) is 0 Å². The predicted octanol–water partition coefficient (Wildman–Crippen LogP) is 3.37. The number of rotatable bonds is 4. The molecule has 2 heterocycles. The standard InChI is InChI=1S/C16H21BrN4/c1-3-13-16(17)15(21(4-2)19-13)10-20-8-7-11-9-12(18)5-6-14(11)20/h5-6,9H,3-4,7-8,10,18H2,1-2H3. The highest BCUT2D eigenvalue weighted by Crippen LogP contribution is 2.32. The van der Waals surface area contributed by atoms with Gasteiger partial charge < -0.3 is 10.6 Å². The molecule has 1 aromatic heterocycles. The molecule has 0 unspecified atom stereocenters. The molecule has 0 aliphatic carbocycles. The van der Waals surface area contributed by atoms with E-state index in [1.54, 1.807) is 0 Å². The highest BCUT2D eigenvalue weighted by Gasteiger charge is 2.22. The number of hydrogen-bond donors (Lipinski definition) is 1. The third-order valence-corrected chi connectivity index (χ3v) is 5.05. The quantitative estimate of drug-likeness (QED) is 0.861. The Morgan fingerprint density at radius 2 is 2.14 bits per heavy atom. The van der Waals surface area contributed by atoms with Gasteiger partial charge in [0.05, 0.1) is 22.4 Å². The van der Waals surface area contributed by atoms with Gasteiger partial charge in [-0.15, -0.1) is 0 Å². The van der Waals surface area contributed by atoms with Gasteiger partial charge in [0.25, 0.3) is 0 Å². The van der Waals surface area contributed by atoms with Crippen LogP contribution in [0.5, 0.6) is 0 Å². The van der Waals surface area contributed by atoms with Gasteiger partial charge in [0.2, 0.25) is 0 Å². The molecule has 2 N–H and O–H groups in total. The third-order valence-electron chi connectivity index (χ3n) is 4.13. The van der Waals surface area contributed by atoms with E-state index in [4.69, 9.17) is 5.73 Å². The van der Waals surface area contributed by atoms with Gasteiger partial charge >= 0.3 is 0 Å². The molecule has 1 aromatic carbocycles. The van der Waals surface area contributed by atoms with Crippen molar-refractivity contribution in [1.82, 2.24) is 9.78 Å². The summed E-state index contributed by atoms with van der Waals surface area (Å²) in [4.78, 5) is 2.42. The molecule has 0 fully saturated rings. The van der Waals surface area contributed by atoms with E-state index in [2.05, 4.69) is 56.6 Å². The zero-order valence-corrected chi connectivity index (χ0v) is 14.2. The molecule has 1 aliphatic rings. The van der Waals surface area contributed by atoms with Crippen molar-refractivity contribution >= 4 is 27.3 Å².